The Kier molecular flexibility index (Phi) is 7.28. The maximum Gasteiger partial charge on any atom is 0.341 e. The molecule has 1 aliphatic heterocycles. The molecule has 0 bridgehead atoms. The summed E-state index contributed by atoms with van der Waals surface area (Å²) in [6.45, 7) is 1.64. The van der Waals surface area contributed by atoms with Crippen molar-refractivity contribution in [1.82, 2.24) is 4.98 Å². The molecule has 10 heteroatoms. The fourth-order valence-corrected chi connectivity index (χ4v) is 3.79. The van der Waals surface area contributed by atoms with Gasteiger partial charge in [0.2, 0.25) is 12.7 Å². The van der Waals surface area contributed by atoms with Crippen molar-refractivity contribution in [1.29, 1.82) is 0 Å². The lowest BCUT2D eigenvalue weighted by molar-refractivity contribution is -0.119. The summed E-state index contributed by atoms with van der Waals surface area (Å²) in [4.78, 5) is 41.2. The van der Waals surface area contributed by atoms with E-state index in [1.165, 1.54) is 12.3 Å². The van der Waals surface area contributed by atoms with Crippen LogP contribution < -0.4 is 20.1 Å². The van der Waals surface area contributed by atoms with Gasteiger partial charge in [-0.25, -0.2) is 9.78 Å². The molecule has 34 heavy (non-hydrogen) atoms. The highest BCUT2D eigenvalue weighted by molar-refractivity contribution is 8.00. The van der Waals surface area contributed by atoms with Crippen molar-refractivity contribution in [3.63, 3.8) is 0 Å². The predicted octanol–water partition coefficient (Wildman–Crippen LogP) is 3.65. The molecule has 0 unspecified atom stereocenters. The zero-order chi connectivity index (χ0) is 23.9. The smallest absolute Gasteiger partial charge is 0.341 e. The van der Waals surface area contributed by atoms with Gasteiger partial charge in [-0.2, -0.15) is 0 Å². The SMILES string of the molecule is Cc1ccc(NC(=O)COC(=O)c2cccnc2SCC(=O)Nc2ccc3c(c2)OCO3)cc1. The molecule has 3 aromatic rings. The standard InChI is InChI=1S/C24H21N3O6S/c1-15-4-6-16(7-5-15)26-21(28)12-31-24(30)18-3-2-10-25-23(18)34-13-22(29)27-17-8-9-19-20(11-17)33-14-32-19/h2-11H,12-14H2,1H3,(H,26,28)(H,27,29). The van der Waals surface area contributed by atoms with Gasteiger partial charge < -0.3 is 24.8 Å². The van der Waals surface area contributed by atoms with Crippen LogP contribution in [0.2, 0.25) is 0 Å². The molecule has 174 valence electrons. The Morgan fingerprint density at radius 2 is 1.71 bits per heavy atom. The van der Waals surface area contributed by atoms with Gasteiger partial charge in [-0.3, -0.25) is 9.59 Å². The molecule has 0 atom stereocenters. The molecule has 1 aromatic heterocycles. The number of carbonyl (C=O) groups excluding carboxylic acids is 3. The summed E-state index contributed by atoms with van der Waals surface area (Å²) in [5, 5.41) is 5.75. The van der Waals surface area contributed by atoms with E-state index < -0.39 is 18.5 Å². The number of nitrogens with one attached hydrogen (secondary N) is 2. The lowest BCUT2D eigenvalue weighted by Gasteiger charge is -2.10. The Morgan fingerprint density at radius 3 is 2.53 bits per heavy atom. The summed E-state index contributed by atoms with van der Waals surface area (Å²) in [7, 11) is 0. The van der Waals surface area contributed by atoms with Crippen molar-refractivity contribution < 1.29 is 28.6 Å². The topological polar surface area (TPSA) is 116 Å². The quantitative estimate of drug-likeness (QED) is 0.372. The first-order valence-electron chi connectivity index (χ1n) is 10.3. The minimum Gasteiger partial charge on any atom is -0.454 e. The summed E-state index contributed by atoms with van der Waals surface area (Å²) in [6, 6.07) is 15.5. The van der Waals surface area contributed by atoms with Crippen LogP contribution in [0.4, 0.5) is 11.4 Å². The van der Waals surface area contributed by atoms with Crippen LogP contribution in [0.25, 0.3) is 0 Å². The third-order valence-electron chi connectivity index (χ3n) is 4.66. The molecule has 0 fully saturated rings. The highest BCUT2D eigenvalue weighted by Crippen LogP contribution is 2.34. The number of aryl methyl sites for hydroxylation is 1. The summed E-state index contributed by atoms with van der Waals surface area (Å²) in [5.41, 5.74) is 2.41. The van der Waals surface area contributed by atoms with Gasteiger partial charge in [-0.05, 0) is 43.3 Å². The van der Waals surface area contributed by atoms with E-state index in [2.05, 4.69) is 15.6 Å². The normalized spacial score (nSPS) is 11.6. The number of anilines is 2. The molecule has 0 saturated heterocycles. The second-order valence-electron chi connectivity index (χ2n) is 7.25. The monoisotopic (exact) mass is 479 g/mol. The third-order valence-corrected chi connectivity index (χ3v) is 5.66. The van der Waals surface area contributed by atoms with E-state index in [0.29, 0.717) is 27.9 Å². The highest BCUT2D eigenvalue weighted by atomic mass is 32.2. The van der Waals surface area contributed by atoms with Crippen molar-refractivity contribution in [3.05, 3.63) is 71.9 Å². The number of hydrogen-bond donors (Lipinski definition) is 2. The molecular formula is C24H21N3O6S. The second kappa shape index (κ2) is 10.7. The lowest BCUT2D eigenvalue weighted by Crippen LogP contribution is -2.21. The lowest BCUT2D eigenvalue weighted by atomic mass is 10.2. The molecule has 0 aliphatic carbocycles. The first-order chi connectivity index (χ1) is 16.5. The van der Waals surface area contributed by atoms with Crippen molar-refractivity contribution in [3.8, 4) is 11.5 Å². The number of amides is 2. The molecule has 4 rings (SSSR count). The summed E-state index contributed by atoms with van der Waals surface area (Å²) >= 11 is 1.09. The number of carbonyl (C=O) groups is 3. The molecular weight excluding hydrogens is 458 g/mol. The Labute approximate surface area is 199 Å². The van der Waals surface area contributed by atoms with Gasteiger partial charge >= 0.3 is 5.97 Å². The number of fused-ring (bicyclic) bond motifs is 1. The number of rotatable bonds is 8. The molecule has 0 spiro atoms. The minimum atomic E-state index is -0.703. The van der Waals surface area contributed by atoms with Gasteiger partial charge in [0.05, 0.1) is 11.3 Å². The first kappa shape index (κ1) is 23.1. The van der Waals surface area contributed by atoms with E-state index in [1.54, 1.807) is 36.4 Å². The number of hydrogen-bond acceptors (Lipinski definition) is 8. The van der Waals surface area contributed by atoms with Crippen LogP contribution in [-0.4, -0.2) is 41.9 Å². The number of ether oxygens (including phenoxy) is 3. The Bertz CT molecular complexity index is 1220. The predicted molar refractivity (Wildman–Crippen MR) is 126 cm³/mol. The average molecular weight is 480 g/mol. The second-order valence-corrected chi connectivity index (χ2v) is 8.22. The number of nitrogens with zero attached hydrogens (tertiary/aromatic N) is 1. The Hall–Kier alpha value is -4.05. The van der Waals surface area contributed by atoms with Crippen LogP contribution in [0.3, 0.4) is 0 Å². The van der Waals surface area contributed by atoms with E-state index in [-0.39, 0.29) is 24.0 Å². The summed E-state index contributed by atoms with van der Waals surface area (Å²) in [5.74, 6) is -0.252. The van der Waals surface area contributed by atoms with E-state index in [0.717, 1.165) is 17.3 Å². The van der Waals surface area contributed by atoms with Gasteiger partial charge in [-0.15, -0.1) is 0 Å². The molecule has 1 aliphatic rings. The zero-order valence-corrected chi connectivity index (χ0v) is 19.0. The number of pyridine rings is 1. The molecule has 2 aromatic carbocycles. The van der Waals surface area contributed by atoms with Crippen molar-refractivity contribution in [2.45, 2.75) is 11.9 Å². The maximum atomic E-state index is 12.5. The van der Waals surface area contributed by atoms with E-state index >= 15 is 0 Å². The van der Waals surface area contributed by atoms with Gasteiger partial charge in [0.25, 0.3) is 5.91 Å². The molecule has 2 N–H and O–H groups in total. The third kappa shape index (κ3) is 6.04. The van der Waals surface area contributed by atoms with Crippen LogP contribution >= 0.6 is 11.8 Å². The summed E-state index contributed by atoms with van der Waals surface area (Å²) in [6.07, 6.45) is 1.51. The van der Waals surface area contributed by atoms with Gasteiger partial charge in [-0.1, -0.05) is 29.5 Å². The fraction of sp³-hybridized carbons (Fsp3) is 0.167. The van der Waals surface area contributed by atoms with Crippen molar-refractivity contribution >= 4 is 40.9 Å². The van der Waals surface area contributed by atoms with Crippen LogP contribution in [0.1, 0.15) is 15.9 Å². The van der Waals surface area contributed by atoms with E-state index in [1.807, 2.05) is 19.1 Å². The average Bonchev–Trinajstić information content (AvgIpc) is 3.31. The molecule has 2 amide bonds. The minimum absolute atomic E-state index is 0.0135. The van der Waals surface area contributed by atoms with Crippen molar-refractivity contribution in [2.75, 3.05) is 29.8 Å². The van der Waals surface area contributed by atoms with E-state index in [9.17, 15) is 14.4 Å². The molecule has 9 nitrogen and oxygen atoms in total. The number of esters is 1. The largest absolute Gasteiger partial charge is 0.454 e. The molecule has 0 radical (unpaired) electrons. The molecule has 0 saturated carbocycles. The van der Waals surface area contributed by atoms with Crippen LogP contribution in [0, 0.1) is 6.92 Å². The van der Waals surface area contributed by atoms with Gasteiger partial charge in [0.1, 0.15) is 5.03 Å². The number of aromatic nitrogens is 1. The van der Waals surface area contributed by atoms with Crippen molar-refractivity contribution in [2.24, 2.45) is 0 Å². The summed E-state index contributed by atoms with van der Waals surface area (Å²) < 4.78 is 15.7. The van der Waals surface area contributed by atoms with Crippen LogP contribution in [-0.2, 0) is 14.3 Å². The van der Waals surface area contributed by atoms with E-state index in [4.69, 9.17) is 14.2 Å². The van der Waals surface area contributed by atoms with Gasteiger partial charge in [0.15, 0.2) is 18.1 Å². The number of thioether (sulfide) groups is 1. The van der Waals surface area contributed by atoms with Crippen LogP contribution in [0.15, 0.2) is 65.8 Å². The number of benzene rings is 2. The maximum absolute atomic E-state index is 12.5. The Balaban J connectivity index is 1.29. The molecule has 2 heterocycles. The van der Waals surface area contributed by atoms with Crippen LogP contribution in [0.5, 0.6) is 11.5 Å². The van der Waals surface area contributed by atoms with Gasteiger partial charge in [0, 0.05) is 23.6 Å². The zero-order valence-electron chi connectivity index (χ0n) is 18.2. The highest BCUT2D eigenvalue weighted by Gasteiger charge is 2.18. The Morgan fingerprint density at radius 1 is 0.971 bits per heavy atom. The first-order valence-corrected chi connectivity index (χ1v) is 11.3. The fourth-order valence-electron chi connectivity index (χ4n) is 3.01.